The summed E-state index contributed by atoms with van der Waals surface area (Å²) in [5.41, 5.74) is 1.66. The molecule has 1 amide bonds. The molecule has 162 valence electrons. The first-order valence-electron chi connectivity index (χ1n) is 8.82. The van der Waals surface area contributed by atoms with Crippen molar-refractivity contribution in [3.05, 3.63) is 65.3 Å². The quantitative estimate of drug-likeness (QED) is 0.329. The fourth-order valence-corrected chi connectivity index (χ4v) is 3.81. The molecule has 3 N–H and O–H groups in total. The lowest BCUT2D eigenvalue weighted by Gasteiger charge is -2.12. The number of sulfonamides is 1. The number of ether oxygens (including phenoxy) is 1. The van der Waals surface area contributed by atoms with Crippen molar-refractivity contribution in [1.82, 2.24) is 14.8 Å². The van der Waals surface area contributed by atoms with Crippen molar-refractivity contribution in [2.75, 3.05) is 14.2 Å². The van der Waals surface area contributed by atoms with Crippen LogP contribution in [-0.4, -0.2) is 48.5 Å². The number of nitrogens with two attached hydrogens (primary N) is 1. The van der Waals surface area contributed by atoms with E-state index in [1.165, 1.54) is 31.0 Å². The first-order valence-corrected chi connectivity index (χ1v) is 10.7. The summed E-state index contributed by atoms with van der Waals surface area (Å²) in [7, 11) is -1.36. The number of aromatic nitrogens is 2. The minimum absolute atomic E-state index is 0.124. The number of primary sulfonamides is 1. The van der Waals surface area contributed by atoms with Crippen LogP contribution in [0.1, 0.15) is 5.69 Å². The molecule has 0 fully saturated rings. The number of hydrogen-bond acceptors (Lipinski definition) is 6. The monoisotopic (exact) mass is 462 g/mol. The molecule has 0 atom stereocenters. The van der Waals surface area contributed by atoms with Crippen LogP contribution in [0.4, 0.5) is 0 Å². The molecule has 0 saturated heterocycles. The van der Waals surface area contributed by atoms with E-state index in [9.17, 15) is 18.4 Å². The van der Waals surface area contributed by atoms with Crippen molar-refractivity contribution >= 4 is 33.6 Å². The van der Waals surface area contributed by atoms with Crippen LogP contribution in [0.2, 0.25) is 5.02 Å². The van der Waals surface area contributed by atoms with E-state index >= 15 is 0 Å². The summed E-state index contributed by atoms with van der Waals surface area (Å²) in [6.07, 6.45) is 2.52. The van der Waals surface area contributed by atoms with Crippen molar-refractivity contribution in [2.24, 2.45) is 5.14 Å². The van der Waals surface area contributed by atoms with Gasteiger partial charge >= 0.3 is 0 Å². The number of rotatable bonds is 6. The Kier molecular flexibility index (Phi) is 6.46. The van der Waals surface area contributed by atoms with Crippen LogP contribution in [0.3, 0.4) is 0 Å². The normalized spacial score (nSPS) is 11.6. The van der Waals surface area contributed by atoms with Crippen LogP contribution in [0.15, 0.2) is 59.5 Å². The Labute approximate surface area is 183 Å². The molecule has 0 unspecified atom stereocenters. The molecule has 0 aliphatic carbocycles. The van der Waals surface area contributed by atoms with Crippen molar-refractivity contribution in [1.29, 1.82) is 0 Å². The van der Waals surface area contributed by atoms with E-state index in [-0.39, 0.29) is 10.6 Å². The van der Waals surface area contributed by atoms with Crippen LogP contribution < -0.4 is 9.88 Å². The van der Waals surface area contributed by atoms with Gasteiger partial charge in [-0.2, -0.15) is 5.10 Å². The second-order valence-corrected chi connectivity index (χ2v) is 8.36. The predicted octanol–water partition coefficient (Wildman–Crippen LogP) is 2.71. The maximum atomic E-state index is 12.1. The predicted molar refractivity (Wildman–Crippen MR) is 116 cm³/mol. The molecule has 9 nitrogen and oxygen atoms in total. The van der Waals surface area contributed by atoms with Gasteiger partial charge in [0.15, 0.2) is 0 Å². The average Bonchev–Trinajstić information content (AvgIpc) is 3.15. The molecule has 1 heterocycles. The highest BCUT2D eigenvalue weighted by Gasteiger charge is 2.19. The summed E-state index contributed by atoms with van der Waals surface area (Å²) >= 11 is 6.26. The molecule has 0 aliphatic rings. The highest BCUT2D eigenvalue weighted by atomic mass is 35.5. The highest BCUT2D eigenvalue weighted by molar-refractivity contribution is 7.89. The van der Waals surface area contributed by atoms with Gasteiger partial charge in [-0.1, -0.05) is 23.7 Å². The second kappa shape index (κ2) is 8.90. The molecular weight excluding hydrogens is 444 g/mol. The molecule has 31 heavy (non-hydrogen) atoms. The van der Waals surface area contributed by atoms with Crippen LogP contribution in [-0.2, 0) is 14.8 Å². The SMILES string of the molecule is COc1ccc(-c2cc(C=CC(=O)N(C)O)nn2-c2ccccc2S(N)(=O)=O)cc1Cl. The number of methoxy groups -OCH3 is 1. The van der Waals surface area contributed by atoms with E-state index in [1.54, 1.807) is 42.5 Å². The largest absolute Gasteiger partial charge is 0.495 e. The third-order valence-corrected chi connectivity index (χ3v) is 5.55. The maximum Gasteiger partial charge on any atom is 0.269 e. The number of hydrogen-bond donors (Lipinski definition) is 2. The summed E-state index contributed by atoms with van der Waals surface area (Å²) in [5, 5.41) is 19.8. The van der Waals surface area contributed by atoms with E-state index in [4.69, 9.17) is 21.5 Å². The van der Waals surface area contributed by atoms with Gasteiger partial charge in [0, 0.05) is 18.7 Å². The summed E-state index contributed by atoms with van der Waals surface area (Å²) < 4.78 is 30.8. The summed E-state index contributed by atoms with van der Waals surface area (Å²) in [6, 6.07) is 12.8. The number of carbonyl (C=O) groups excluding carboxylic acids is 1. The Morgan fingerprint density at radius 3 is 2.58 bits per heavy atom. The van der Waals surface area contributed by atoms with Gasteiger partial charge in [0.1, 0.15) is 10.6 Å². The van der Waals surface area contributed by atoms with E-state index in [0.717, 1.165) is 6.08 Å². The van der Waals surface area contributed by atoms with Crippen LogP contribution in [0, 0.1) is 0 Å². The Balaban J connectivity index is 2.23. The highest BCUT2D eigenvalue weighted by Crippen LogP contribution is 2.33. The standard InChI is InChI=1S/C20H19ClN4O5S/c1-24(27)20(26)10-8-14-12-17(13-7-9-18(30-2)15(21)11-13)25(23-14)16-5-3-4-6-19(16)31(22,28)29/h3-12,27H,1-2H3,(H2,22,28,29). The third kappa shape index (κ3) is 4.94. The van der Waals surface area contributed by atoms with Crippen molar-refractivity contribution in [3.8, 4) is 22.7 Å². The third-order valence-electron chi connectivity index (χ3n) is 4.29. The lowest BCUT2D eigenvalue weighted by Crippen LogP contribution is -2.19. The van der Waals surface area contributed by atoms with Crippen LogP contribution in [0.25, 0.3) is 23.0 Å². The zero-order chi connectivity index (χ0) is 22.8. The number of nitrogens with zero attached hydrogens (tertiary/aromatic N) is 3. The van der Waals surface area contributed by atoms with Crippen molar-refractivity contribution < 1.29 is 23.2 Å². The molecule has 0 bridgehead atoms. The molecule has 0 radical (unpaired) electrons. The fraction of sp³-hybridized carbons (Fsp3) is 0.100. The lowest BCUT2D eigenvalue weighted by atomic mass is 10.1. The van der Waals surface area contributed by atoms with Crippen molar-refractivity contribution in [2.45, 2.75) is 4.90 Å². The van der Waals surface area contributed by atoms with Gasteiger partial charge in [-0.15, -0.1) is 0 Å². The van der Waals surface area contributed by atoms with Gasteiger partial charge in [-0.3, -0.25) is 10.0 Å². The first-order chi connectivity index (χ1) is 14.6. The molecule has 11 heteroatoms. The molecule has 0 saturated carbocycles. The van der Waals surface area contributed by atoms with Gasteiger partial charge in [-0.25, -0.2) is 23.3 Å². The van der Waals surface area contributed by atoms with Gasteiger partial charge in [-0.05, 0) is 42.5 Å². The number of benzene rings is 2. The Bertz CT molecular complexity index is 1270. The van der Waals surface area contributed by atoms with E-state index < -0.39 is 15.9 Å². The summed E-state index contributed by atoms with van der Waals surface area (Å²) in [6.45, 7) is 0. The smallest absolute Gasteiger partial charge is 0.269 e. The van der Waals surface area contributed by atoms with Gasteiger partial charge < -0.3 is 4.74 Å². The lowest BCUT2D eigenvalue weighted by molar-refractivity contribution is -0.153. The minimum atomic E-state index is -4.05. The van der Waals surface area contributed by atoms with Gasteiger partial charge in [0.05, 0.1) is 29.2 Å². The second-order valence-electron chi connectivity index (χ2n) is 6.42. The topological polar surface area (TPSA) is 128 Å². The minimum Gasteiger partial charge on any atom is -0.495 e. The molecule has 3 rings (SSSR count). The molecule has 0 aliphatic heterocycles. The fourth-order valence-electron chi connectivity index (χ4n) is 2.83. The Hall–Kier alpha value is -3.18. The number of likely N-dealkylation sites (N-methyl/N-ethyl adjacent to an activating group) is 1. The first kappa shape index (κ1) is 22.5. The average molecular weight is 463 g/mol. The summed E-state index contributed by atoms with van der Waals surface area (Å²) in [5.74, 6) is -0.188. The number of halogens is 1. The maximum absolute atomic E-state index is 12.1. The zero-order valence-electron chi connectivity index (χ0n) is 16.6. The van der Waals surface area contributed by atoms with Gasteiger partial charge in [0.25, 0.3) is 5.91 Å². The Morgan fingerprint density at radius 2 is 1.97 bits per heavy atom. The Morgan fingerprint density at radius 1 is 1.26 bits per heavy atom. The van der Waals surface area contributed by atoms with Crippen LogP contribution in [0.5, 0.6) is 5.75 Å². The van der Waals surface area contributed by atoms with Crippen molar-refractivity contribution in [3.63, 3.8) is 0 Å². The molecule has 0 spiro atoms. The summed E-state index contributed by atoms with van der Waals surface area (Å²) in [4.78, 5) is 11.6. The van der Waals surface area contributed by atoms with E-state index in [2.05, 4.69) is 5.10 Å². The number of amides is 1. The molecule has 2 aromatic carbocycles. The van der Waals surface area contributed by atoms with Gasteiger partial charge in [0.2, 0.25) is 10.0 Å². The number of para-hydroxylation sites is 1. The molecule has 3 aromatic rings. The van der Waals surface area contributed by atoms with Crippen LogP contribution >= 0.6 is 11.6 Å². The van der Waals surface area contributed by atoms with E-state index in [0.29, 0.717) is 32.8 Å². The van der Waals surface area contributed by atoms with E-state index in [1.807, 2.05) is 0 Å². The molecule has 1 aromatic heterocycles. The molecular formula is C20H19ClN4O5S. The zero-order valence-corrected chi connectivity index (χ0v) is 18.1. The number of hydroxylamine groups is 2. The number of carbonyl (C=O) groups is 1.